The number of rotatable bonds is 2. The van der Waals surface area contributed by atoms with E-state index in [2.05, 4.69) is 22.9 Å². The minimum absolute atomic E-state index is 0.900. The topological polar surface area (TPSA) is 6.48 Å². The van der Waals surface area contributed by atoms with Gasteiger partial charge in [-0.2, -0.15) is 0 Å². The third-order valence-electron chi connectivity index (χ3n) is 2.82. The second kappa shape index (κ2) is 5.30. The van der Waals surface area contributed by atoms with Crippen molar-refractivity contribution in [2.45, 2.75) is 13.0 Å². The van der Waals surface area contributed by atoms with E-state index in [1.165, 1.54) is 37.5 Å². The largest absolute Gasteiger partial charge is 0.305 e. The van der Waals surface area contributed by atoms with Gasteiger partial charge < -0.3 is 4.90 Å². The lowest BCUT2D eigenvalue weighted by atomic mass is 10.3. The molecule has 0 spiro atoms. The van der Waals surface area contributed by atoms with Gasteiger partial charge >= 0.3 is 0 Å². The van der Waals surface area contributed by atoms with E-state index in [4.69, 9.17) is 11.6 Å². The fourth-order valence-electron chi connectivity index (χ4n) is 1.92. The summed E-state index contributed by atoms with van der Waals surface area (Å²) in [7, 11) is 2.20. The number of halogens is 1. The first-order chi connectivity index (χ1) is 7.24. The van der Waals surface area contributed by atoms with Crippen LogP contribution in [0.25, 0.3) is 0 Å². The molecule has 1 saturated heterocycles. The van der Waals surface area contributed by atoms with E-state index in [0.29, 0.717) is 0 Å². The SMILES string of the molecule is CN1CCCN(Cc2ccc(Cl)s2)CC1. The van der Waals surface area contributed by atoms with Gasteiger partial charge in [0.05, 0.1) is 4.34 Å². The first kappa shape index (κ1) is 11.4. The maximum Gasteiger partial charge on any atom is 0.0931 e. The predicted molar refractivity (Wildman–Crippen MR) is 66.7 cm³/mol. The molecule has 0 radical (unpaired) electrons. The number of hydrogen-bond donors (Lipinski definition) is 0. The van der Waals surface area contributed by atoms with Crippen LogP contribution in [-0.4, -0.2) is 43.0 Å². The second-order valence-electron chi connectivity index (χ2n) is 4.14. The van der Waals surface area contributed by atoms with Gasteiger partial charge in [0.25, 0.3) is 0 Å². The molecule has 0 bridgehead atoms. The van der Waals surface area contributed by atoms with Crippen molar-refractivity contribution in [3.63, 3.8) is 0 Å². The van der Waals surface area contributed by atoms with Crippen LogP contribution in [0.5, 0.6) is 0 Å². The van der Waals surface area contributed by atoms with Crippen LogP contribution < -0.4 is 0 Å². The molecule has 0 aromatic carbocycles. The molecule has 1 aliphatic heterocycles. The lowest BCUT2D eigenvalue weighted by molar-refractivity contribution is 0.271. The summed E-state index contributed by atoms with van der Waals surface area (Å²) in [4.78, 5) is 6.30. The smallest absolute Gasteiger partial charge is 0.0931 e. The van der Waals surface area contributed by atoms with E-state index < -0.39 is 0 Å². The molecule has 4 heteroatoms. The summed E-state index contributed by atoms with van der Waals surface area (Å²) < 4.78 is 0.900. The first-order valence-electron chi connectivity index (χ1n) is 5.39. The summed E-state index contributed by atoms with van der Waals surface area (Å²) in [5, 5.41) is 0. The Bertz CT molecular complexity index is 313. The standard InChI is InChI=1S/C11H17ClN2S/c1-13-5-2-6-14(8-7-13)9-10-3-4-11(12)15-10/h3-4H,2,5-9H2,1H3. The number of nitrogens with zero attached hydrogens (tertiary/aromatic N) is 2. The number of hydrogen-bond acceptors (Lipinski definition) is 3. The van der Waals surface area contributed by atoms with Crippen LogP contribution in [0, 0.1) is 0 Å². The summed E-state index contributed by atoms with van der Waals surface area (Å²) in [6, 6.07) is 4.13. The summed E-state index contributed by atoms with van der Waals surface area (Å²) in [5.74, 6) is 0. The zero-order valence-electron chi connectivity index (χ0n) is 9.08. The lowest BCUT2D eigenvalue weighted by Crippen LogP contribution is -2.28. The van der Waals surface area contributed by atoms with Crippen molar-refractivity contribution in [3.05, 3.63) is 21.3 Å². The van der Waals surface area contributed by atoms with Crippen LogP contribution in [0.1, 0.15) is 11.3 Å². The molecular formula is C11H17ClN2S. The van der Waals surface area contributed by atoms with Gasteiger partial charge in [-0.3, -0.25) is 4.90 Å². The normalized spacial score (nSPS) is 20.4. The maximum absolute atomic E-state index is 5.93. The Morgan fingerprint density at radius 1 is 1.27 bits per heavy atom. The van der Waals surface area contributed by atoms with Crippen LogP contribution >= 0.6 is 22.9 Å². The van der Waals surface area contributed by atoms with Crippen molar-refractivity contribution in [1.29, 1.82) is 0 Å². The fraction of sp³-hybridized carbons (Fsp3) is 0.636. The molecule has 0 aliphatic carbocycles. The van der Waals surface area contributed by atoms with Crippen LogP contribution in [-0.2, 0) is 6.54 Å². The van der Waals surface area contributed by atoms with E-state index in [9.17, 15) is 0 Å². The summed E-state index contributed by atoms with van der Waals surface area (Å²) in [6.07, 6.45) is 1.27. The van der Waals surface area contributed by atoms with Crippen LogP contribution in [0.3, 0.4) is 0 Å². The minimum atomic E-state index is 0.900. The van der Waals surface area contributed by atoms with Crippen LogP contribution in [0.4, 0.5) is 0 Å². The Labute approximate surface area is 100 Å². The van der Waals surface area contributed by atoms with E-state index in [1.807, 2.05) is 6.07 Å². The molecule has 2 rings (SSSR count). The lowest BCUT2D eigenvalue weighted by Gasteiger charge is -2.18. The summed E-state index contributed by atoms with van der Waals surface area (Å²) >= 11 is 7.62. The average Bonchev–Trinajstić information content (AvgIpc) is 2.48. The Kier molecular flexibility index (Phi) is 4.03. The quantitative estimate of drug-likeness (QED) is 0.789. The molecule has 0 atom stereocenters. The molecule has 15 heavy (non-hydrogen) atoms. The van der Waals surface area contributed by atoms with Gasteiger partial charge in [-0.05, 0) is 38.7 Å². The molecule has 2 nitrogen and oxygen atoms in total. The Hall–Kier alpha value is -0.0900. The molecule has 0 unspecified atom stereocenters. The van der Waals surface area contributed by atoms with Crippen molar-refractivity contribution in [3.8, 4) is 0 Å². The van der Waals surface area contributed by atoms with Crippen LogP contribution in [0.2, 0.25) is 4.34 Å². The van der Waals surface area contributed by atoms with Gasteiger partial charge in [-0.25, -0.2) is 0 Å². The van der Waals surface area contributed by atoms with E-state index >= 15 is 0 Å². The molecule has 1 aromatic heterocycles. The van der Waals surface area contributed by atoms with Gasteiger partial charge in [0.1, 0.15) is 0 Å². The number of likely N-dealkylation sites (N-methyl/N-ethyl adjacent to an activating group) is 1. The third-order valence-corrected chi connectivity index (χ3v) is 4.04. The molecule has 1 aliphatic rings. The van der Waals surface area contributed by atoms with E-state index in [-0.39, 0.29) is 0 Å². The van der Waals surface area contributed by atoms with Crippen molar-refractivity contribution in [2.75, 3.05) is 33.2 Å². The molecule has 0 saturated carbocycles. The predicted octanol–water partition coefficient (Wildman–Crippen LogP) is 2.54. The molecule has 84 valence electrons. The maximum atomic E-state index is 5.93. The Balaban J connectivity index is 1.88. The van der Waals surface area contributed by atoms with E-state index in [0.717, 1.165) is 10.9 Å². The second-order valence-corrected chi connectivity index (χ2v) is 5.94. The van der Waals surface area contributed by atoms with Crippen molar-refractivity contribution in [1.82, 2.24) is 9.80 Å². The molecule has 0 amide bonds. The van der Waals surface area contributed by atoms with E-state index in [1.54, 1.807) is 11.3 Å². The van der Waals surface area contributed by atoms with Gasteiger partial charge in [0.2, 0.25) is 0 Å². The zero-order valence-corrected chi connectivity index (χ0v) is 10.7. The highest BCUT2D eigenvalue weighted by Crippen LogP contribution is 2.22. The molecule has 0 N–H and O–H groups in total. The van der Waals surface area contributed by atoms with Gasteiger partial charge in [-0.15, -0.1) is 11.3 Å². The highest BCUT2D eigenvalue weighted by Gasteiger charge is 2.12. The van der Waals surface area contributed by atoms with Gasteiger partial charge in [0.15, 0.2) is 0 Å². The monoisotopic (exact) mass is 244 g/mol. The first-order valence-corrected chi connectivity index (χ1v) is 6.58. The van der Waals surface area contributed by atoms with Gasteiger partial charge in [-0.1, -0.05) is 11.6 Å². The van der Waals surface area contributed by atoms with Crippen molar-refractivity contribution in [2.24, 2.45) is 0 Å². The molecule has 2 heterocycles. The highest BCUT2D eigenvalue weighted by atomic mass is 35.5. The fourth-order valence-corrected chi connectivity index (χ4v) is 3.05. The number of thiophene rings is 1. The Morgan fingerprint density at radius 3 is 2.87 bits per heavy atom. The van der Waals surface area contributed by atoms with Crippen LogP contribution in [0.15, 0.2) is 12.1 Å². The minimum Gasteiger partial charge on any atom is -0.305 e. The average molecular weight is 245 g/mol. The summed E-state index contributed by atoms with van der Waals surface area (Å²) in [5.41, 5.74) is 0. The summed E-state index contributed by atoms with van der Waals surface area (Å²) in [6.45, 7) is 5.85. The van der Waals surface area contributed by atoms with Gasteiger partial charge in [0, 0.05) is 24.5 Å². The zero-order chi connectivity index (χ0) is 10.7. The molecular weight excluding hydrogens is 228 g/mol. The molecule has 1 aromatic rings. The van der Waals surface area contributed by atoms with Crippen molar-refractivity contribution >= 4 is 22.9 Å². The van der Waals surface area contributed by atoms with Crippen molar-refractivity contribution < 1.29 is 0 Å². The highest BCUT2D eigenvalue weighted by molar-refractivity contribution is 7.16. The molecule has 1 fully saturated rings. The Morgan fingerprint density at radius 2 is 2.13 bits per heavy atom. The third kappa shape index (κ3) is 3.45.